The van der Waals surface area contributed by atoms with Crippen LogP contribution in [0.25, 0.3) is 0 Å². The molecule has 4 N–H and O–H groups in total. The third-order valence-electron chi connectivity index (χ3n) is 8.63. The second kappa shape index (κ2) is 18.5. The summed E-state index contributed by atoms with van der Waals surface area (Å²) in [7, 11) is 0. The van der Waals surface area contributed by atoms with Gasteiger partial charge in [0.15, 0.2) is 29.8 Å². The number of carbonyl (C=O) groups excluding carboxylic acids is 8. The highest BCUT2D eigenvalue weighted by Crippen LogP contribution is 2.29. The average Bonchev–Trinajstić information content (AvgIpc) is 3.06. The second-order valence-electron chi connectivity index (χ2n) is 14.1. The molecule has 0 aromatic heterocycles. The summed E-state index contributed by atoms with van der Waals surface area (Å²) in [6, 6.07) is 0.791. The van der Waals surface area contributed by atoms with Crippen LogP contribution < -0.4 is 16.0 Å². The maximum absolute atomic E-state index is 13.9. The van der Waals surface area contributed by atoms with Crippen LogP contribution in [0.5, 0.6) is 5.75 Å². The number of esters is 4. The van der Waals surface area contributed by atoms with Crippen molar-refractivity contribution in [2.24, 2.45) is 23.2 Å². The molecular formula is C36H51N3O13. The van der Waals surface area contributed by atoms with Crippen LogP contribution in [0, 0.1) is 23.2 Å². The molecule has 16 heteroatoms. The molecule has 1 fully saturated rings. The van der Waals surface area contributed by atoms with E-state index in [1.807, 2.05) is 13.8 Å². The highest BCUT2D eigenvalue weighted by atomic mass is 16.6. The van der Waals surface area contributed by atoms with Gasteiger partial charge in [-0.25, -0.2) is 14.4 Å². The Morgan fingerprint density at radius 2 is 1.56 bits per heavy atom. The molecule has 1 aliphatic heterocycles. The number of anilines is 1. The zero-order valence-corrected chi connectivity index (χ0v) is 31.3. The summed E-state index contributed by atoms with van der Waals surface area (Å²) >= 11 is 0. The van der Waals surface area contributed by atoms with E-state index >= 15 is 0 Å². The van der Waals surface area contributed by atoms with Gasteiger partial charge in [-0.2, -0.15) is 0 Å². The smallest absolute Gasteiger partial charge is 0.348 e. The first-order valence-corrected chi connectivity index (χ1v) is 17.2. The molecule has 0 aliphatic carbocycles. The lowest BCUT2D eigenvalue weighted by atomic mass is 9.81. The fourth-order valence-corrected chi connectivity index (χ4v) is 5.18. The minimum absolute atomic E-state index is 0.117. The summed E-state index contributed by atoms with van der Waals surface area (Å²) < 4.78 is 22.0. The van der Waals surface area contributed by atoms with Crippen LogP contribution in [0.4, 0.5) is 5.69 Å². The maximum Gasteiger partial charge on any atom is 0.348 e. The van der Waals surface area contributed by atoms with Gasteiger partial charge in [0.05, 0.1) is 17.3 Å². The Morgan fingerprint density at radius 3 is 2.12 bits per heavy atom. The number of ether oxygens (including phenoxy) is 4. The van der Waals surface area contributed by atoms with E-state index in [2.05, 4.69) is 16.0 Å². The fourth-order valence-electron chi connectivity index (χ4n) is 5.18. The average molecular weight is 734 g/mol. The Balaban J connectivity index is 2.66. The number of phenols is 1. The van der Waals surface area contributed by atoms with Crippen molar-refractivity contribution in [1.82, 2.24) is 10.6 Å². The van der Waals surface area contributed by atoms with Crippen LogP contribution in [0.15, 0.2) is 18.2 Å². The molecule has 0 spiro atoms. The van der Waals surface area contributed by atoms with E-state index in [1.54, 1.807) is 27.7 Å². The molecule has 288 valence electrons. The molecular weight excluding hydrogens is 682 g/mol. The Morgan fingerprint density at radius 1 is 0.923 bits per heavy atom. The molecule has 1 heterocycles. The Kier molecular flexibility index (Phi) is 15.3. The van der Waals surface area contributed by atoms with E-state index in [0.717, 1.165) is 0 Å². The predicted molar refractivity (Wildman–Crippen MR) is 184 cm³/mol. The molecule has 3 amide bonds. The van der Waals surface area contributed by atoms with Crippen molar-refractivity contribution in [2.75, 3.05) is 5.32 Å². The largest absolute Gasteiger partial charge is 0.505 e. The van der Waals surface area contributed by atoms with Crippen LogP contribution in [-0.2, 0) is 52.5 Å². The number of cyclic esters (lactones) is 4. The van der Waals surface area contributed by atoms with E-state index in [9.17, 15) is 43.5 Å². The van der Waals surface area contributed by atoms with Gasteiger partial charge < -0.3 is 40.0 Å². The maximum atomic E-state index is 13.9. The number of amides is 3. The van der Waals surface area contributed by atoms with Crippen molar-refractivity contribution in [1.29, 1.82) is 0 Å². The van der Waals surface area contributed by atoms with Gasteiger partial charge in [0.1, 0.15) is 11.5 Å². The lowest BCUT2D eigenvalue weighted by Gasteiger charge is -2.32. The van der Waals surface area contributed by atoms with Crippen molar-refractivity contribution in [3.63, 3.8) is 0 Å². The van der Waals surface area contributed by atoms with E-state index in [-0.39, 0.29) is 30.0 Å². The first-order chi connectivity index (χ1) is 24.2. The normalized spacial score (nSPS) is 25.8. The van der Waals surface area contributed by atoms with E-state index in [1.165, 1.54) is 45.9 Å². The first-order valence-electron chi connectivity index (χ1n) is 17.2. The number of phenolic OH excluding ortho intramolecular Hbond substituents is 1. The molecule has 1 saturated heterocycles. The summed E-state index contributed by atoms with van der Waals surface area (Å²) in [6.45, 7) is 15.1. The van der Waals surface area contributed by atoms with Gasteiger partial charge in [-0.3, -0.25) is 24.0 Å². The van der Waals surface area contributed by atoms with Crippen molar-refractivity contribution >= 4 is 53.6 Å². The molecule has 1 aromatic rings. The molecule has 0 bridgehead atoms. The fraction of sp³-hybridized carbons (Fsp3) is 0.611. The number of rotatable bonds is 9. The summed E-state index contributed by atoms with van der Waals surface area (Å²) in [4.78, 5) is 106. The number of nitrogens with one attached hydrogen (secondary N) is 3. The molecule has 1 aliphatic rings. The zero-order chi connectivity index (χ0) is 39.7. The van der Waals surface area contributed by atoms with Crippen LogP contribution in [0.1, 0.15) is 92.4 Å². The van der Waals surface area contributed by atoms with Crippen molar-refractivity contribution in [3.05, 3.63) is 23.8 Å². The van der Waals surface area contributed by atoms with Gasteiger partial charge in [0, 0.05) is 11.8 Å². The lowest BCUT2D eigenvalue weighted by molar-refractivity contribution is -0.184. The topological polar surface area (TPSA) is 230 Å². The molecule has 2 rings (SSSR count). The van der Waals surface area contributed by atoms with Crippen LogP contribution in [0.2, 0.25) is 0 Å². The van der Waals surface area contributed by atoms with Gasteiger partial charge in [-0.15, -0.1) is 0 Å². The van der Waals surface area contributed by atoms with Crippen molar-refractivity contribution in [3.8, 4) is 5.75 Å². The summed E-state index contributed by atoms with van der Waals surface area (Å²) in [5, 5.41) is 17.8. The van der Waals surface area contributed by atoms with Crippen molar-refractivity contribution in [2.45, 2.75) is 119 Å². The molecule has 0 unspecified atom stereocenters. The minimum Gasteiger partial charge on any atom is -0.505 e. The number of carbonyl (C=O) groups is 8. The SMILES string of the molecule is CC[C@H](C)[C@@H]1OC(=O)[C@H](C)OC(=O)[C@@H](NC(=O)c2cccc(NC=O)c2O)[C@@H](C)OC(=O)[C@H](C(C)C)OC(=O)C(C)(C)C(=O)[C@H](CC(C)C)NC1=O. The van der Waals surface area contributed by atoms with Crippen LogP contribution >= 0.6 is 0 Å². The molecule has 7 atom stereocenters. The van der Waals surface area contributed by atoms with E-state index < -0.39 is 101 Å². The summed E-state index contributed by atoms with van der Waals surface area (Å²) in [6.07, 6.45) is -5.48. The molecule has 1 aromatic carbocycles. The summed E-state index contributed by atoms with van der Waals surface area (Å²) in [5.74, 6) is -9.27. The third kappa shape index (κ3) is 10.7. The number of aromatic hydroxyl groups is 1. The second-order valence-corrected chi connectivity index (χ2v) is 14.1. The number of ketones is 1. The number of hydrogen-bond acceptors (Lipinski definition) is 13. The number of para-hydroxylation sites is 1. The molecule has 16 nitrogen and oxygen atoms in total. The monoisotopic (exact) mass is 733 g/mol. The lowest BCUT2D eigenvalue weighted by Crippen LogP contribution is -2.55. The van der Waals surface area contributed by atoms with Crippen molar-refractivity contribution < 1.29 is 62.4 Å². The quantitative estimate of drug-likeness (QED) is 0.0942. The van der Waals surface area contributed by atoms with Gasteiger partial charge in [0.2, 0.25) is 12.5 Å². The Hall–Kier alpha value is -5.02. The molecule has 0 saturated carbocycles. The first kappa shape index (κ1) is 43.1. The predicted octanol–water partition coefficient (Wildman–Crippen LogP) is 2.59. The Labute approximate surface area is 303 Å². The molecule has 52 heavy (non-hydrogen) atoms. The van der Waals surface area contributed by atoms with E-state index in [4.69, 9.17) is 18.9 Å². The minimum atomic E-state index is -1.88. The number of Topliss-reactive ketones (excluding diaryl/α,β-unsaturated/α-hetero) is 1. The number of hydrogen-bond donors (Lipinski definition) is 4. The third-order valence-corrected chi connectivity index (χ3v) is 8.63. The standard InChI is InChI=1S/C36H51N3O13/c1-11-19(6)28-31(44)38-24(15-17(2)3)29(42)36(9,10)35(48)52-27(18(4)5)34(47)49-20(7)25(33(46)50-21(8)32(45)51-28)39-30(43)22-13-12-14-23(26(22)41)37-16-40/h12-14,16-21,24-25,27-28,41H,11,15H2,1-10H3,(H,37,40)(H,38,44)(H,39,43)/t19-,20+,21-,24-,25-,27-,28-/m0/s1. The highest BCUT2D eigenvalue weighted by molar-refractivity contribution is 6.07. The Bertz CT molecular complexity index is 1520. The van der Waals surface area contributed by atoms with Gasteiger partial charge in [-0.05, 0) is 58.6 Å². The van der Waals surface area contributed by atoms with Crippen LogP contribution in [-0.4, -0.2) is 89.5 Å². The number of benzene rings is 1. The summed E-state index contributed by atoms with van der Waals surface area (Å²) in [5.41, 5.74) is -2.39. The van der Waals surface area contributed by atoms with E-state index in [0.29, 0.717) is 6.42 Å². The molecule has 0 radical (unpaired) electrons. The van der Waals surface area contributed by atoms with Crippen LogP contribution in [0.3, 0.4) is 0 Å². The van der Waals surface area contributed by atoms with Gasteiger partial charge in [-0.1, -0.05) is 47.6 Å². The zero-order valence-electron chi connectivity index (χ0n) is 31.3. The highest BCUT2D eigenvalue weighted by Gasteiger charge is 2.46. The van der Waals surface area contributed by atoms with Gasteiger partial charge in [0.25, 0.3) is 11.8 Å². The van der Waals surface area contributed by atoms with Gasteiger partial charge >= 0.3 is 23.9 Å².